The maximum absolute atomic E-state index is 12.8. The van der Waals surface area contributed by atoms with Crippen molar-refractivity contribution >= 4 is 27.7 Å². The molecule has 0 saturated heterocycles. The van der Waals surface area contributed by atoms with Gasteiger partial charge >= 0.3 is 5.97 Å². The van der Waals surface area contributed by atoms with E-state index in [0.717, 1.165) is 10.9 Å². The molecule has 0 saturated carbocycles. The van der Waals surface area contributed by atoms with Crippen molar-refractivity contribution < 1.29 is 13.7 Å². The Kier molecular flexibility index (Phi) is 3.58. The lowest BCUT2D eigenvalue weighted by Crippen LogP contribution is -2.06. The number of hydrogen-bond acceptors (Lipinski definition) is 3. The first-order valence-corrected chi connectivity index (χ1v) is 7.53. The third kappa shape index (κ3) is 2.36. The normalized spacial score (nSPS) is 12.2. The number of methoxy groups -OCH3 is 1. The second-order valence-electron chi connectivity index (χ2n) is 4.45. The Labute approximate surface area is 124 Å². The van der Waals surface area contributed by atoms with Gasteiger partial charge in [0.2, 0.25) is 0 Å². The van der Waals surface area contributed by atoms with Gasteiger partial charge in [-0.25, -0.2) is 9.00 Å². The van der Waals surface area contributed by atoms with Gasteiger partial charge in [0.05, 0.1) is 22.8 Å². The van der Waals surface area contributed by atoms with Gasteiger partial charge in [0.25, 0.3) is 0 Å². The number of ether oxygens (including phenoxy) is 1. The summed E-state index contributed by atoms with van der Waals surface area (Å²) in [7, 11) is -0.147. The van der Waals surface area contributed by atoms with Crippen LogP contribution in [-0.4, -0.2) is 22.3 Å². The lowest BCUT2D eigenvalue weighted by Gasteiger charge is -2.04. The minimum atomic E-state index is -1.46. The molecule has 1 atom stereocenters. The molecule has 0 radical (unpaired) electrons. The summed E-state index contributed by atoms with van der Waals surface area (Å²) in [5.74, 6) is -0.523. The number of fused-ring (bicyclic) bond motifs is 1. The Morgan fingerprint density at radius 2 is 1.71 bits per heavy atom. The average Bonchev–Trinajstić information content (AvgIpc) is 2.93. The number of benzene rings is 2. The largest absolute Gasteiger partial charge is 0.464 e. The fourth-order valence-electron chi connectivity index (χ4n) is 2.22. The maximum Gasteiger partial charge on any atom is 0.355 e. The topological polar surface area (TPSA) is 59.2 Å². The number of carbonyl (C=O) groups excluding carboxylic acids is 1. The molecule has 1 aromatic heterocycles. The quantitative estimate of drug-likeness (QED) is 0.756. The predicted molar refractivity (Wildman–Crippen MR) is 80.8 cm³/mol. The molecule has 21 heavy (non-hydrogen) atoms. The molecule has 1 unspecified atom stereocenters. The number of carbonyl (C=O) groups is 1. The Hall–Kier alpha value is -2.40. The molecule has 0 aliphatic heterocycles. The van der Waals surface area contributed by atoms with E-state index in [0.29, 0.717) is 9.79 Å². The highest BCUT2D eigenvalue weighted by molar-refractivity contribution is 7.85. The van der Waals surface area contributed by atoms with Crippen molar-refractivity contribution in [3.8, 4) is 0 Å². The van der Waals surface area contributed by atoms with Crippen LogP contribution in [0.1, 0.15) is 10.5 Å². The summed E-state index contributed by atoms with van der Waals surface area (Å²) in [6.45, 7) is 0. The molecule has 1 N–H and O–H groups in total. The molecule has 0 bridgehead atoms. The number of para-hydroxylation sites is 1. The molecule has 1 heterocycles. The summed E-state index contributed by atoms with van der Waals surface area (Å²) >= 11 is 0. The molecule has 0 amide bonds. The van der Waals surface area contributed by atoms with Gasteiger partial charge in [0, 0.05) is 15.8 Å². The van der Waals surface area contributed by atoms with E-state index in [1.165, 1.54) is 7.11 Å². The van der Waals surface area contributed by atoms with Gasteiger partial charge in [-0.3, -0.25) is 0 Å². The van der Waals surface area contributed by atoms with Crippen LogP contribution >= 0.6 is 0 Å². The Morgan fingerprint density at radius 3 is 2.43 bits per heavy atom. The minimum absolute atomic E-state index is 0.237. The van der Waals surface area contributed by atoms with E-state index in [9.17, 15) is 9.00 Å². The fourth-order valence-corrected chi connectivity index (χ4v) is 3.55. The Bertz CT molecular complexity index is 824. The van der Waals surface area contributed by atoms with Crippen molar-refractivity contribution in [1.29, 1.82) is 0 Å². The molecule has 2 aromatic carbocycles. The number of hydrogen-bond donors (Lipinski definition) is 1. The predicted octanol–water partition coefficient (Wildman–Crippen LogP) is 3.12. The van der Waals surface area contributed by atoms with Crippen molar-refractivity contribution in [3.63, 3.8) is 0 Å². The lowest BCUT2D eigenvalue weighted by atomic mass is 10.2. The summed E-state index contributed by atoms with van der Waals surface area (Å²) in [4.78, 5) is 16.1. The molecule has 0 spiro atoms. The van der Waals surface area contributed by atoms with Crippen molar-refractivity contribution in [2.45, 2.75) is 9.79 Å². The van der Waals surface area contributed by atoms with Gasteiger partial charge in [-0.15, -0.1) is 0 Å². The van der Waals surface area contributed by atoms with Crippen LogP contribution in [0.4, 0.5) is 0 Å². The fraction of sp³-hybridized carbons (Fsp3) is 0.0625. The molecular formula is C16H13NO3S. The molecule has 4 nitrogen and oxygen atoms in total. The summed E-state index contributed by atoms with van der Waals surface area (Å²) in [6, 6.07) is 16.4. The third-order valence-electron chi connectivity index (χ3n) is 3.19. The zero-order valence-corrected chi connectivity index (χ0v) is 12.1. The van der Waals surface area contributed by atoms with E-state index in [-0.39, 0.29) is 5.69 Å². The van der Waals surface area contributed by atoms with Gasteiger partial charge in [-0.1, -0.05) is 36.4 Å². The number of esters is 1. The van der Waals surface area contributed by atoms with E-state index in [1.807, 2.05) is 42.5 Å². The molecule has 3 aromatic rings. The summed E-state index contributed by atoms with van der Waals surface area (Å²) < 4.78 is 17.6. The molecule has 0 fully saturated rings. The van der Waals surface area contributed by atoms with Gasteiger partial charge in [-0.2, -0.15) is 0 Å². The number of nitrogens with one attached hydrogen (secondary N) is 1. The minimum Gasteiger partial charge on any atom is -0.464 e. The van der Waals surface area contributed by atoms with Crippen molar-refractivity contribution in [2.24, 2.45) is 0 Å². The summed E-state index contributed by atoms with van der Waals surface area (Å²) in [5, 5.41) is 0.764. The van der Waals surface area contributed by atoms with Crippen molar-refractivity contribution in [1.82, 2.24) is 4.98 Å². The maximum atomic E-state index is 12.8. The van der Waals surface area contributed by atoms with Gasteiger partial charge < -0.3 is 9.72 Å². The zero-order chi connectivity index (χ0) is 14.8. The summed E-state index contributed by atoms with van der Waals surface area (Å²) in [6.07, 6.45) is 0. The van der Waals surface area contributed by atoms with Crippen LogP contribution in [0.5, 0.6) is 0 Å². The highest BCUT2D eigenvalue weighted by Gasteiger charge is 2.23. The Morgan fingerprint density at radius 1 is 1.05 bits per heavy atom. The first kappa shape index (κ1) is 13.6. The van der Waals surface area contributed by atoms with Crippen molar-refractivity contribution in [3.05, 3.63) is 60.3 Å². The first-order valence-electron chi connectivity index (χ1n) is 6.38. The number of aromatic nitrogens is 1. The van der Waals surface area contributed by atoms with Crippen LogP contribution in [0.15, 0.2) is 64.4 Å². The number of rotatable bonds is 3. The van der Waals surface area contributed by atoms with Crippen LogP contribution in [-0.2, 0) is 15.5 Å². The lowest BCUT2D eigenvalue weighted by molar-refractivity contribution is 0.0591. The molecular weight excluding hydrogens is 286 g/mol. The first-order chi connectivity index (χ1) is 10.2. The van der Waals surface area contributed by atoms with Crippen LogP contribution in [0.2, 0.25) is 0 Å². The SMILES string of the molecule is COC(=O)c1[nH]c2ccccc2c1S(=O)c1ccccc1. The molecule has 106 valence electrons. The van der Waals surface area contributed by atoms with Crippen LogP contribution in [0, 0.1) is 0 Å². The van der Waals surface area contributed by atoms with E-state index < -0.39 is 16.8 Å². The van der Waals surface area contributed by atoms with E-state index in [2.05, 4.69) is 4.98 Å². The van der Waals surface area contributed by atoms with Crippen LogP contribution < -0.4 is 0 Å². The van der Waals surface area contributed by atoms with Gasteiger partial charge in [0.15, 0.2) is 0 Å². The van der Waals surface area contributed by atoms with E-state index in [1.54, 1.807) is 12.1 Å². The molecule has 3 rings (SSSR count). The van der Waals surface area contributed by atoms with Crippen LogP contribution in [0.25, 0.3) is 10.9 Å². The molecule has 5 heteroatoms. The second kappa shape index (κ2) is 5.54. The number of aromatic amines is 1. The Balaban J connectivity index is 2.25. The summed E-state index contributed by atoms with van der Waals surface area (Å²) in [5.41, 5.74) is 0.998. The van der Waals surface area contributed by atoms with Gasteiger partial charge in [-0.05, 0) is 18.2 Å². The highest BCUT2D eigenvalue weighted by Crippen LogP contribution is 2.29. The smallest absolute Gasteiger partial charge is 0.355 e. The van der Waals surface area contributed by atoms with Crippen molar-refractivity contribution in [2.75, 3.05) is 7.11 Å². The molecule has 0 aliphatic rings. The van der Waals surface area contributed by atoms with Crippen LogP contribution in [0.3, 0.4) is 0 Å². The van der Waals surface area contributed by atoms with E-state index in [4.69, 9.17) is 4.74 Å². The molecule has 0 aliphatic carbocycles. The number of H-pyrrole nitrogens is 1. The van der Waals surface area contributed by atoms with Gasteiger partial charge in [0.1, 0.15) is 5.69 Å². The highest BCUT2D eigenvalue weighted by atomic mass is 32.2. The second-order valence-corrected chi connectivity index (χ2v) is 5.87. The zero-order valence-electron chi connectivity index (χ0n) is 11.3. The standard InChI is InChI=1S/C16H13NO3S/c1-20-16(18)14-15(12-9-5-6-10-13(12)17-14)21(19)11-7-3-2-4-8-11/h2-10,17H,1H3. The average molecular weight is 299 g/mol. The van der Waals surface area contributed by atoms with E-state index >= 15 is 0 Å². The third-order valence-corrected chi connectivity index (χ3v) is 4.69. The monoisotopic (exact) mass is 299 g/mol.